The zero-order chi connectivity index (χ0) is 16.7. The third-order valence-electron chi connectivity index (χ3n) is 3.37. The maximum Gasteiger partial charge on any atom is 0.320 e. The van der Waals surface area contributed by atoms with Crippen LogP contribution in [0.4, 0.5) is 18.9 Å². The van der Waals surface area contributed by atoms with E-state index in [0.29, 0.717) is 6.61 Å². The van der Waals surface area contributed by atoms with Crippen LogP contribution in [-0.2, 0) is 4.74 Å². The third kappa shape index (κ3) is 3.09. The van der Waals surface area contributed by atoms with Crippen LogP contribution in [0.1, 0.15) is 6.30 Å². The molecule has 1 fully saturated rings. The summed E-state index contributed by atoms with van der Waals surface area (Å²) in [5.41, 5.74) is -0.356. The molecule has 2 heterocycles. The predicted molar refractivity (Wildman–Crippen MR) is 82.7 cm³/mol. The van der Waals surface area contributed by atoms with Crippen molar-refractivity contribution in [2.45, 2.75) is 18.8 Å². The fourth-order valence-corrected chi connectivity index (χ4v) is 3.09. The summed E-state index contributed by atoms with van der Waals surface area (Å²) in [6.07, 6.45) is -5.91. The molecular formula is C13H10F3IN2O4. The molecule has 0 bridgehead atoms. The van der Waals surface area contributed by atoms with Crippen LogP contribution in [0.15, 0.2) is 18.2 Å². The smallest absolute Gasteiger partial charge is 0.320 e. The number of rotatable bonds is 6. The number of nitrogens with zero attached hydrogens (tertiary/aromatic N) is 2. The molecule has 0 spiro atoms. The van der Waals surface area contributed by atoms with Gasteiger partial charge in [-0.1, -0.05) is 0 Å². The Morgan fingerprint density at radius 2 is 2.17 bits per heavy atom. The average molecular weight is 442 g/mol. The minimum atomic E-state index is -3.24. The largest absolute Gasteiger partial charge is 0.484 e. The Labute approximate surface area is 141 Å². The standard InChI is InChI=1S/C13H10F3IN2O4/c14-12(15)13(16)18-8-1-2-9(23-5-6-4-22-6)11(19(20)21)7(8)3-10(18)17/h1-3,6,12-13H,4-5H2. The second-order valence-corrected chi connectivity index (χ2v) is 6.02. The van der Waals surface area contributed by atoms with E-state index in [1.165, 1.54) is 18.2 Å². The Hall–Kier alpha value is -1.56. The van der Waals surface area contributed by atoms with Crippen molar-refractivity contribution in [3.05, 3.63) is 32.0 Å². The van der Waals surface area contributed by atoms with E-state index in [2.05, 4.69) is 0 Å². The van der Waals surface area contributed by atoms with Gasteiger partial charge in [-0.05, 0) is 40.8 Å². The first-order chi connectivity index (χ1) is 10.9. The Morgan fingerprint density at radius 1 is 1.48 bits per heavy atom. The number of fused-ring (bicyclic) bond motifs is 1. The highest BCUT2D eigenvalue weighted by Crippen LogP contribution is 2.39. The van der Waals surface area contributed by atoms with Crippen molar-refractivity contribution < 1.29 is 27.6 Å². The van der Waals surface area contributed by atoms with Crippen LogP contribution < -0.4 is 4.74 Å². The topological polar surface area (TPSA) is 69.8 Å². The summed E-state index contributed by atoms with van der Waals surface area (Å²) in [6.45, 7) is 0.690. The number of alkyl halides is 3. The molecule has 0 saturated carbocycles. The molecule has 124 valence electrons. The van der Waals surface area contributed by atoms with Gasteiger partial charge in [0.2, 0.25) is 6.30 Å². The third-order valence-corrected chi connectivity index (χ3v) is 4.21. The number of aromatic nitrogens is 1. The molecule has 1 saturated heterocycles. The molecule has 0 aliphatic carbocycles. The molecule has 1 aromatic heterocycles. The molecule has 23 heavy (non-hydrogen) atoms. The molecule has 2 atom stereocenters. The van der Waals surface area contributed by atoms with Crippen LogP contribution in [0.3, 0.4) is 0 Å². The Kier molecular flexibility index (Phi) is 4.36. The lowest BCUT2D eigenvalue weighted by molar-refractivity contribution is -0.384. The molecule has 1 aliphatic heterocycles. The van der Waals surface area contributed by atoms with Crippen molar-refractivity contribution in [3.8, 4) is 5.75 Å². The van der Waals surface area contributed by atoms with Gasteiger partial charge in [0.05, 0.1) is 26.1 Å². The lowest BCUT2D eigenvalue weighted by atomic mass is 10.2. The van der Waals surface area contributed by atoms with Crippen LogP contribution in [0.25, 0.3) is 10.9 Å². The van der Waals surface area contributed by atoms with Gasteiger partial charge in [0.25, 0.3) is 6.43 Å². The Bertz CT molecular complexity index is 763. The van der Waals surface area contributed by atoms with Gasteiger partial charge in [-0.25, -0.2) is 13.2 Å². The quantitative estimate of drug-likeness (QED) is 0.297. The van der Waals surface area contributed by atoms with Crippen LogP contribution in [-0.4, -0.2) is 35.2 Å². The molecule has 0 amide bonds. The fourth-order valence-electron chi connectivity index (χ4n) is 2.25. The monoisotopic (exact) mass is 442 g/mol. The fraction of sp³-hybridized carbons (Fsp3) is 0.385. The minimum Gasteiger partial charge on any atom is -0.484 e. The van der Waals surface area contributed by atoms with E-state index in [-0.39, 0.29) is 38.8 Å². The lowest BCUT2D eigenvalue weighted by Gasteiger charge is -2.12. The first kappa shape index (κ1) is 16.3. The first-order valence-electron chi connectivity index (χ1n) is 6.54. The number of nitro benzene ring substituents is 1. The van der Waals surface area contributed by atoms with E-state index in [1.54, 1.807) is 22.6 Å². The zero-order valence-corrected chi connectivity index (χ0v) is 13.6. The SMILES string of the molecule is O=[N+]([O-])c1c(OCC2CO2)ccc2c1cc(I)n2C(F)C(F)F. The summed E-state index contributed by atoms with van der Waals surface area (Å²) in [5, 5.41) is 11.4. The molecule has 2 unspecified atom stereocenters. The van der Waals surface area contributed by atoms with E-state index in [1.807, 2.05) is 0 Å². The van der Waals surface area contributed by atoms with Crippen molar-refractivity contribution in [1.29, 1.82) is 0 Å². The van der Waals surface area contributed by atoms with E-state index in [9.17, 15) is 23.3 Å². The molecule has 0 N–H and O–H groups in total. The Morgan fingerprint density at radius 3 is 2.74 bits per heavy atom. The van der Waals surface area contributed by atoms with E-state index >= 15 is 0 Å². The predicted octanol–water partition coefficient (Wildman–Crippen LogP) is 3.66. The van der Waals surface area contributed by atoms with Gasteiger partial charge >= 0.3 is 5.69 Å². The van der Waals surface area contributed by atoms with Gasteiger partial charge in [-0.15, -0.1) is 0 Å². The number of hydrogen-bond acceptors (Lipinski definition) is 4. The number of hydrogen-bond donors (Lipinski definition) is 0. The van der Waals surface area contributed by atoms with Gasteiger partial charge in [-0.2, -0.15) is 0 Å². The number of ether oxygens (including phenoxy) is 2. The van der Waals surface area contributed by atoms with Gasteiger partial charge in [0, 0.05) is 0 Å². The molecule has 10 heteroatoms. The number of epoxide rings is 1. The van der Waals surface area contributed by atoms with Gasteiger partial charge in [0.15, 0.2) is 5.75 Å². The van der Waals surface area contributed by atoms with Crippen molar-refractivity contribution in [3.63, 3.8) is 0 Å². The maximum atomic E-state index is 13.8. The number of nitro groups is 1. The highest BCUT2D eigenvalue weighted by atomic mass is 127. The summed E-state index contributed by atoms with van der Waals surface area (Å²) in [7, 11) is 0. The summed E-state index contributed by atoms with van der Waals surface area (Å²) >= 11 is 1.66. The van der Waals surface area contributed by atoms with Crippen molar-refractivity contribution in [2.75, 3.05) is 13.2 Å². The van der Waals surface area contributed by atoms with Crippen molar-refractivity contribution in [1.82, 2.24) is 4.57 Å². The van der Waals surface area contributed by atoms with Crippen LogP contribution in [0.5, 0.6) is 5.75 Å². The van der Waals surface area contributed by atoms with E-state index in [4.69, 9.17) is 9.47 Å². The van der Waals surface area contributed by atoms with Crippen molar-refractivity contribution >= 4 is 39.2 Å². The number of benzene rings is 1. The van der Waals surface area contributed by atoms with Gasteiger partial charge < -0.3 is 9.47 Å². The first-order valence-corrected chi connectivity index (χ1v) is 7.62. The van der Waals surface area contributed by atoms with Crippen LogP contribution in [0, 0.1) is 13.8 Å². The zero-order valence-electron chi connectivity index (χ0n) is 11.4. The highest BCUT2D eigenvalue weighted by molar-refractivity contribution is 14.1. The second-order valence-electron chi connectivity index (χ2n) is 4.91. The molecule has 1 aromatic carbocycles. The molecular weight excluding hydrogens is 432 g/mol. The van der Waals surface area contributed by atoms with Gasteiger partial charge in [0.1, 0.15) is 12.7 Å². The summed E-state index contributed by atoms with van der Waals surface area (Å²) in [6, 6.07) is 3.92. The van der Waals surface area contributed by atoms with Crippen LogP contribution in [0.2, 0.25) is 0 Å². The van der Waals surface area contributed by atoms with Crippen LogP contribution >= 0.6 is 22.6 Å². The Balaban J connectivity index is 2.11. The maximum absolute atomic E-state index is 13.8. The molecule has 6 nitrogen and oxygen atoms in total. The minimum absolute atomic E-state index is 0.000921. The molecule has 1 aliphatic rings. The molecule has 3 rings (SSSR count). The highest BCUT2D eigenvalue weighted by Gasteiger charge is 2.30. The second kappa shape index (κ2) is 6.15. The summed E-state index contributed by atoms with van der Waals surface area (Å²) in [5.74, 6) is -0.000921. The number of halogens is 4. The normalized spacial score (nSPS) is 18.4. The summed E-state index contributed by atoms with van der Waals surface area (Å²) in [4.78, 5) is 10.7. The van der Waals surface area contributed by atoms with Gasteiger partial charge in [-0.3, -0.25) is 14.7 Å². The molecule has 2 aromatic rings. The molecule has 0 radical (unpaired) electrons. The average Bonchev–Trinajstić information content (AvgIpc) is 3.25. The lowest BCUT2D eigenvalue weighted by Crippen LogP contribution is -2.13. The van der Waals surface area contributed by atoms with E-state index in [0.717, 1.165) is 4.57 Å². The summed E-state index contributed by atoms with van der Waals surface area (Å²) < 4.78 is 50.3. The van der Waals surface area contributed by atoms with Crippen molar-refractivity contribution in [2.24, 2.45) is 0 Å². The van der Waals surface area contributed by atoms with E-state index < -0.39 is 17.6 Å².